The van der Waals surface area contributed by atoms with Gasteiger partial charge in [-0.15, -0.1) is 0 Å². The number of rotatable bonds is 1. The fourth-order valence-corrected chi connectivity index (χ4v) is 4.02. The number of piperidine rings is 2. The third-order valence-electron chi connectivity index (χ3n) is 5.15. The molecule has 2 unspecified atom stereocenters. The van der Waals surface area contributed by atoms with Gasteiger partial charge in [-0.25, -0.2) is 9.50 Å². The normalized spacial score (nSPS) is 34.5. The average molecular weight is 272 g/mol. The maximum atomic E-state index is 11.2. The summed E-state index contributed by atoms with van der Waals surface area (Å²) in [7, 11) is 2.20. The van der Waals surface area contributed by atoms with E-state index in [-0.39, 0.29) is 0 Å². The number of fused-ring (bicyclic) bond motifs is 3. The largest absolute Gasteiger partial charge is 0.385 e. The Hall–Kier alpha value is -1.46. The molecule has 2 saturated heterocycles. The van der Waals surface area contributed by atoms with Crippen molar-refractivity contribution in [1.29, 1.82) is 0 Å². The van der Waals surface area contributed by atoms with E-state index >= 15 is 0 Å². The monoisotopic (exact) mass is 272 g/mol. The van der Waals surface area contributed by atoms with E-state index < -0.39 is 5.60 Å². The van der Waals surface area contributed by atoms with E-state index in [1.165, 1.54) is 19.3 Å². The molecule has 0 aromatic carbocycles. The summed E-state index contributed by atoms with van der Waals surface area (Å²) < 4.78 is 1.75. The van der Waals surface area contributed by atoms with Crippen molar-refractivity contribution >= 4 is 5.65 Å². The second-order valence-corrected chi connectivity index (χ2v) is 6.29. The van der Waals surface area contributed by atoms with Crippen LogP contribution in [0.2, 0.25) is 0 Å². The van der Waals surface area contributed by atoms with Crippen molar-refractivity contribution in [2.75, 3.05) is 7.05 Å². The zero-order valence-corrected chi connectivity index (χ0v) is 11.7. The molecular weight excluding hydrogens is 252 g/mol. The lowest BCUT2D eigenvalue weighted by molar-refractivity contribution is -0.0867. The minimum absolute atomic E-state index is 0.478. The highest BCUT2D eigenvalue weighted by Crippen LogP contribution is 2.44. The van der Waals surface area contributed by atoms with E-state index in [0.29, 0.717) is 12.1 Å². The van der Waals surface area contributed by atoms with Crippen LogP contribution in [-0.2, 0) is 5.60 Å². The molecule has 0 radical (unpaired) electrons. The highest BCUT2D eigenvalue weighted by molar-refractivity contribution is 5.49. The molecule has 20 heavy (non-hydrogen) atoms. The summed E-state index contributed by atoms with van der Waals surface area (Å²) in [6.07, 6.45) is 10.7. The van der Waals surface area contributed by atoms with Crippen LogP contribution in [0, 0.1) is 0 Å². The summed E-state index contributed by atoms with van der Waals surface area (Å²) in [5.41, 5.74) is 0.902. The van der Waals surface area contributed by atoms with Gasteiger partial charge in [0, 0.05) is 30.0 Å². The number of hydrogen-bond acceptors (Lipinski definition) is 4. The lowest BCUT2D eigenvalue weighted by atomic mass is 9.73. The smallest absolute Gasteiger partial charge is 0.160 e. The van der Waals surface area contributed by atoms with E-state index in [9.17, 15) is 5.11 Å². The maximum absolute atomic E-state index is 11.2. The van der Waals surface area contributed by atoms with Crippen molar-refractivity contribution in [3.63, 3.8) is 0 Å². The first-order chi connectivity index (χ1) is 9.67. The van der Waals surface area contributed by atoms with Gasteiger partial charge < -0.3 is 10.0 Å². The van der Waals surface area contributed by atoms with E-state index in [2.05, 4.69) is 22.0 Å². The Morgan fingerprint density at radius 2 is 2.05 bits per heavy atom. The summed E-state index contributed by atoms with van der Waals surface area (Å²) in [4.78, 5) is 6.86. The van der Waals surface area contributed by atoms with Crippen LogP contribution in [0.3, 0.4) is 0 Å². The third-order valence-corrected chi connectivity index (χ3v) is 5.15. The number of aliphatic hydroxyl groups is 1. The molecule has 0 saturated carbocycles. The molecule has 5 heteroatoms. The molecule has 2 atom stereocenters. The summed E-state index contributed by atoms with van der Waals surface area (Å²) in [5, 5.41) is 15.6. The number of aromatic nitrogens is 3. The standard InChI is InChI=1S/C15H20N4O/c1-18-11-4-2-5-12(18)9-15(20,8-11)13-10-17-19-7-3-6-16-14(13)19/h3,6-7,10-12,20H,2,4-5,8-9H2,1H3. The summed E-state index contributed by atoms with van der Waals surface area (Å²) in [6, 6.07) is 2.81. The zero-order valence-electron chi connectivity index (χ0n) is 11.7. The lowest BCUT2D eigenvalue weighted by Gasteiger charge is -2.50. The molecule has 4 heterocycles. The van der Waals surface area contributed by atoms with Gasteiger partial charge in [-0.1, -0.05) is 6.42 Å². The fourth-order valence-electron chi connectivity index (χ4n) is 4.02. The average Bonchev–Trinajstić information content (AvgIpc) is 2.85. The highest BCUT2D eigenvalue weighted by Gasteiger charge is 2.46. The quantitative estimate of drug-likeness (QED) is 0.856. The van der Waals surface area contributed by atoms with Gasteiger partial charge in [0.15, 0.2) is 5.65 Å². The van der Waals surface area contributed by atoms with Crippen LogP contribution in [0.5, 0.6) is 0 Å². The van der Waals surface area contributed by atoms with Crippen molar-refractivity contribution < 1.29 is 5.11 Å². The molecule has 0 spiro atoms. The number of hydrogen-bond donors (Lipinski definition) is 1. The second kappa shape index (κ2) is 4.27. The molecule has 2 fully saturated rings. The first-order valence-corrected chi connectivity index (χ1v) is 7.40. The number of nitrogens with zero attached hydrogens (tertiary/aromatic N) is 4. The molecule has 0 aliphatic carbocycles. The summed E-state index contributed by atoms with van der Waals surface area (Å²) >= 11 is 0. The second-order valence-electron chi connectivity index (χ2n) is 6.29. The molecule has 2 aliphatic rings. The summed E-state index contributed by atoms with van der Waals surface area (Å²) in [5.74, 6) is 0. The lowest BCUT2D eigenvalue weighted by Crippen LogP contribution is -2.55. The molecule has 0 amide bonds. The first kappa shape index (κ1) is 12.3. The molecule has 2 aromatic rings. The zero-order chi connectivity index (χ0) is 13.7. The first-order valence-electron chi connectivity index (χ1n) is 7.40. The van der Waals surface area contributed by atoms with Crippen molar-refractivity contribution in [3.05, 3.63) is 30.2 Å². The molecule has 5 nitrogen and oxygen atoms in total. The van der Waals surface area contributed by atoms with Crippen molar-refractivity contribution in [2.24, 2.45) is 0 Å². The Bertz CT molecular complexity index is 624. The van der Waals surface area contributed by atoms with Crippen LogP contribution in [-0.4, -0.2) is 43.7 Å². The van der Waals surface area contributed by atoms with Crippen LogP contribution in [0.25, 0.3) is 5.65 Å². The van der Waals surface area contributed by atoms with Gasteiger partial charge in [-0.3, -0.25) is 0 Å². The molecule has 2 bridgehead atoms. The van der Waals surface area contributed by atoms with E-state index in [4.69, 9.17) is 0 Å². The minimum Gasteiger partial charge on any atom is -0.385 e. The Labute approximate surface area is 118 Å². The van der Waals surface area contributed by atoms with Crippen LogP contribution >= 0.6 is 0 Å². The van der Waals surface area contributed by atoms with Gasteiger partial charge in [0.25, 0.3) is 0 Å². The van der Waals surface area contributed by atoms with Gasteiger partial charge in [0.1, 0.15) is 0 Å². The molecular formula is C15H20N4O. The predicted octanol–water partition coefficient (Wildman–Crippen LogP) is 1.56. The molecule has 4 rings (SSSR count). The Morgan fingerprint density at radius 3 is 2.80 bits per heavy atom. The van der Waals surface area contributed by atoms with Crippen LogP contribution in [0.15, 0.2) is 24.7 Å². The van der Waals surface area contributed by atoms with E-state index in [1.54, 1.807) is 16.9 Å². The molecule has 2 aliphatic heterocycles. The van der Waals surface area contributed by atoms with Gasteiger partial charge in [-0.2, -0.15) is 5.10 Å². The van der Waals surface area contributed by atoms with Crippen LogP contribution in [0.1, 0.15) is 37.7 Å². The topological polar surface area (TPSA) is 53.7 Å². The van der Waals surface area contributed by atoms with Crippen LogP contribution < -0.4 is 0 Å². The fraction of sp³-hybridized carbons (Fsp3) is 0.600. The summed E-state index contributed by atoms with van der Waals surface area (Å²) in [6.45, 7) is 0. The van der Waals surface area contributed by atoms with Gasteiger partial charge in [-0.05, 0) is 38.8 Å². The maximum Gasteiger partial charge on any atom is 0.160 e. The van der Waals surface area contributed by atoms with Gasteiger partial charge in [0.05, 0.1) is 11.8 Å². The Morgan fingerprint density at radius 1 is 1.30 bits per heavy atom. The Kier molecular flexibility index (Phi) is 2.62. The van der Waals surface area contributed by atoms with E-state index in [0.717, 1.165) is 24.1 Å². The predicted molar refractivity (Wildman–Crippen MR) is 75.3 cm³/mol. The van der Waals surface area contributed by atoms with Crippen molar-refractivity contribution in [3.8, 4) is 0 Å². The minimum atomic E-state index is -0.779. The third kappa shape index (κ3) is 1.70. The van der Waals surface area contributed by atoms with Crippen LogP contribution in [0.4, 0.5) is 0 Å². The van der Waals surface area contributed by atoms with E-state index in [1.807, 2.05) is 12.3 Å². The molecule has 2 aromatic heterocycles. The van der Waals surface area contributed by atoms with Crippen molar-refractivity contribution in [2.45, 2.75) is 49.8 Å². The highest BCUT2D eigenvalue weighted by atomic mass is 16.3. The molecule has 106 valence electrons. The molecule has 1 N–H and O–H groups in total. The van der Waals surface area contributed by atoms with Gasteiger partial charge >= 0.3 is 0 Å². The SMILES string of the molecule is CN1C2CCCC1CC(O)(c1cnn3cccnc13)C2. The van der Waals surface area contributed by atoms with Gasteiger partial charge in [0.2, 0.25) is 0 Å². The van der Waals surface area contributed by atoms with Crippen molar-refractivity contribution in [1.82, 2.24) is 19.5 Å². The Balaban J connectivity index is 1.77.